The topological polar surface area (TPSA) is 88.1 Å². The molecule has 1 N–H and O–H groups in total. The van der Waals surface area contributed by atoms with Gasteiger partial charge < -0.3 is 9.64 Å². The Bertz CT molecular complexity index is 958. The lowest BCUT2D eigenvalue weighted by Crippen LogP contribution is -2.37. The summed E-state index contributed by atoms with van der Waals surface area (Å²) in [6.07, 6.45) is 0. The Hall–Kier alpha value is -2.87. The number of likely N-dealkylation sites (N-methyl/N-ethyl adjacent to an activating group) is 1. The zero-order valence-corrected chi connectivity index (χ0v) is 15.9. The Morgan fingerprint density at radius 3 is 2.56 bits per heavy atom. The van der Waals surface area contributed by atoms with Gasteiger partial charge in [-0.3, -0.25) is 14.5 Å². The molecule has 8 heteroatoms. The monoisotopic (exact) mass is 387 g/mol. The van der Waals surface area contributed by atoms with Crippen molar-refractivity contribution in [3.63, 3.8) is 0 Å². The van der Waals surface area contributed by atoms with Gasteiger partial charge in [-0.1, -0.05) is 30.3 Å². The van der Waals surface area contributed by atoms with Gasteiger partial charge in [0.15, 0.2) is 0 Å². The third kappa shape index (κ3) is 4.28. The van der Waals surface area contributed by atoms with Crippen LogP contribution in [-0.2, 0) is 14.8 Å². The van der Waals surface area contributed by atoms with E-state index in [1.54, 1.807) is 32.2 Å². The van der Waals surface area contributed by atoms with Crippen molar-refractivity contribution in [2.24, 2.45) is 4.99 Å². The highest BCUT2D eigenvalue weighted by Crippen LogP contribution is 2.22. The number of para-hydroxylation sites is 1. The predicted octanol–water partition coefficient (Wildman–Crippen LogP) is 1.65. The fourth-order valence-corrected chi connectivity index (χ4v) is 3.96. The third-order valence-electron chi connectivity index (χ3n) is 4.16. The molecule has 27 heavy (non-hydrogen) atoms. The Morgan fingerprint density at radius 2 is 1.81 bits per heavy atom. The summed E-state index contributed by atoms with van der Waals surface area (Å²) in [5, 5.41) is 0. The fraction of sp³-hybridized carbons (Fsp3) is 0.263. The number of amides is 1. The van der Waals surface area contributed by atoms with Crippen molar-refractivity contribution in [1.82, 2.24) is 9.62 Å². The molecule has 0 saturated heterocycles. The molecule has 3 rings (SSSR count). The molecule has 7 nitrogen and oxygen atoms in total. The van der Waals surface area contributed by atoms with Crippen molar-refractivity contribution in [1.29, 1.82) is 0 Å². The van der Waals surface area contributed by atoms with Crippen molar-refractivity contribution in [3.8, 4) is 5.75 Å². The van der Waals surface area contributed by atoms with Crippen molar-refractivity contribution >= 4 is 21.8 Å². The van der Waals surface area contributed by atoms with Crippen LogP contribution in [0.15, 0.2) is 64.5 Å². The summed E-state index contributed by atoms with van der Waals surface area (Å²) >= 11 is 0. The number of carbonyl (C=O) groups excluding carboxylic acids is 1. The van der Waals surface area contributed by atoms with Crippen molar-refractivity contribution < 1.29 is 17.9 Å². The Labute approximate surface area is 158 Å². The second-order valence-corrected chi connectivity index (χ2v) is 7.83. The van der Waals surface area contributed by atoms with E-state index in [4.69, 9.17) is 4.74 Å². The summed E-state index contributed by atoms with van der Waals surface area (Å²) in [5.74, 6) is 0.715. The van der Waals surface area contributed by atoms with Crippen LogP contribution >= 0.6 is 0 Å². The Kier molecular flexibility index (Phi) is 5.46. The van der Waals surface area contributed by atoms with E-state index in [1.807, 2.05) is 30.3 Å². The summed E-state index contributed by atoms with van der Waals surface area (Å²) in [6.45, 7) is 2.38. The minimum atomic E-state index is -3.62. The highest BCUT2D eigenvalue weighted by Gasteiger charge is 2.31. The Balaban J connectivity index is 1.63. The summed E-state index contributed by atoms with van der Waals surface area (Å²) in [5.41, 5.74) is 0.479. The number of nitrogens with one attached hydrogen (secondary N) is 1. The fourth-order valence-electron chi connectivity index (χ4n) is 2.72. The van der Waals surface area contributed by atoms with Gasteiger partial charge in [0.1, 0.15) is 24.2 Å². The molecule has 1 heterocycles. The van der Waals surface area contributed by atoms with Gasteiger partial charge in [-0.25, -0.2) is 8.42 Å². The summed E-state index contributed by atoms with van der Waals surface area (Å²) in [4.78, 5) is 18.5. The highest BCUT2D eigenvalue weighted by molar-refractivity contribution is 7.90. The molecule has 1 amide bonds. The van der Waals surface area contributed by atoms with E-state index >= 15 is 0 Å². The molecule has 2 aromatic carbocycles. The zero-order valence-electron chi connectivity index (χ0n) is 15.1. The van der Waals surface area contributed by atoms with Crippen LogP contribution < -0.4 is 9.46 Å². The van der Waals surface area contributed by atoms with E-state index in [2.05, 4.69) is 9.71 Å². The maximum Gasteiger partial charge on any atom is 0.263 e. The maximum atomic E-state index is 12.5. The van der Waals surface area contributed by atoms with Crippen molar-refractivity contribution in [3.05, 3.63) is 60.2 Å². The van der Waals surface area contributed by atoms with E-state index < -0.39 is 16.1 Å². The first-order valence-electron chi connectivity index (χ1n) is 8.51. The van der Waals surface area contributed by atoms with Crippen LogP contribution in [0, 0.1) is 0 Å². The third-order valence-corrected chi connectivity index (χ3v) is 5.55. The number of sulfonamides is 1. The second-order valence-electron chi connectivity index (χ2n) is 6.18. The largest absolute Gasteiger partial charge is 0.492 e. The van der Waals surface area contributed by atoms with E-state index in [0.717, 1.165) is 5.75 Å². The van der Waals surface area contributed by atoms with Gasteiger partial charge in [0.2, 0.25) is 5.91 Å². The number of carbonyl (C=O) groups is 1. The normalized spacial score (nSPS) is 17.0. The van der Waals surface area contributed by atoms with Crippen molar-refractivity contribution in [2.45, 2.75) is 17.9 Å². The predicted molar refractivity (Wildman–Crippen MR) is 102 cm³/mol. The molecule has 0 saturated carbocycles. The van der Waals surface area contributed by atoms with Crippen LogP contribution in [0.1, 0.15) is 12.5 Å². The van der Waals surface area contributed by atoms with Crippen LogP contribution in [0.3, 0.4) is 0 Å². The number of amidine groups is 1. The van der Waals surface area contributed by atoms with Gasteiger partial charge in [0, 0.05) is 12.6 Å². The first-order valence-corrected chi connectivity index (χ1v) is 9.99. The molecule has 0 aromatic heterocycles. The number of rotatable bonds is 6. The summed E-state index contributed by atoms with van der Waals surface area (Å²) < 4.78 is 32.2. The Morgan fingerprint density at radius 1 is 1.15 bits per heavy atom. The first-order chi connectivity index (χ1) is 12.9. The number of aliphatic imine (C=N–C) groups is 1. The second kappa shape index (κ2) is 7.79. The van der Waals surface area contributed by atoms with Gasteiger partial charge in [-0.15, -0.1) is 0 Å². The van der Waals surface area contributed by atoms with Gasteiger partial charge in [0.05, 0.1) is 11.4 Å². The quantitative estimate of drug-likeness (QED) is 0.816. The lowest BCUT2D eigenvalue weighted by atomic mass is 10.2. The van der Waals surface area contributed by atoms with Crippen LogP contribution in [0.5, 0.6) is 5.75 Å². The molecule has 0 unspecified atom stereocenters. The van der Waals surface area contributed by atoms with Gasteiger partial charge >= 0.3 is 0 Å². The molecule has 0 bridgehead atoms. The molecular weight excluding hydrogens is 366 g/mol. The molecule has 142 valence electrons. The first kappa shape index (κ1) is 18.9. The number of ether oxygens (including phenoxy) is 1. The smallest absolute Gasteiger partial charge is 0.263 e. The molecule has 0 aliphatic carbocycles. The number of nitrogens with zero attached hydrogens (tertiary/aromatic N) is 2. The van der Waals surface area contributed by atoms with Gasteiger partial charge in [-0.05, 0) is 31.2 Å². The molecule has 2 aromatic rings. The standard InChI is InChI=1S/C19H21N3O4S/c1-14(19(23)22(2)12-13-26-15-8-4-3-5-9-15)20-18-16-10-6-7-11-17(16)27(24,25)21-18/h3-11,14H,12-13H2,1-2H3,(H,20,21)/t14-/m0/s1. The SMILES string of the molecule is C[C@H](N=C1NS(=O)(=O)c2ccccc21)C(=O)N(C)CCOc1ccccc1. The molecular formula is C19H21N3O4S. The van der Waals surface area contributed by atoms with Crippen LogP contribution in [-0.4, -0.2) is 51.3 Å². The molecule has 0 fully saturated rings. The lowest BCUT2D eigenvalue weighted by Gasteiger charge is -2.20. The minimum Gasteiger partial charge on any atom is -0.492 e. The van der Waals surface area contributed by atoms with Crippen LogP contribution in [0.25, 0.3) is 0 Å². The average molecular weight is 387 g/mol. The lowest BCUT2D eigenvalue weighted by molar-refractivity contribution is -0.131. The van der Waals surface area contributed by atoms with E-state index in [-0.39, 0.29) is 16.6 Å². The van der Waals surface area contributed by atoms with Gasteiger partial charge in [-0.2, -0.15) is 0 Å². The molecule has 1 atom stereocenters. The number of hydrogen-bond donors (Lipinski definition) is 1. The van der Waals surface area contributed by atoms with E-state index in [0.29, 0.717) is 18.7 Å². The molecule has 0 radical (unpaired) electrons. The van der Waals surface area contributed by atoms with E-state index in [1.165, 1.54) is 11.0 Å². The zero-order chi connectivity index (χ0) is 19.4. The number of hydrogen-bond acceptors (Lipinski definition) is 5. The van der Waals surface area contributed by atoms with Crippen LogP contribution in [0.4, 0.5) is 0 Å². The summed E-state index contributed by atoms with van der Waals surface area (Å²) in [7, 11) is -1.95. The average Bonchev–Trinajstić information content (AvgIpc) is 2.92. The van der Waals surface area contributed by atoms with Gasteiger partial charge in [0.25, 0.3) is 10.0 Å². The molecule has 1 aliphatic rings. The highest BCUT2D eigenvalue weighted by atomic mass is 32.2. The number of benzene rings is 2. The van der Waals surface area contributed by atoms with Crippen molar-refractivity contribution in [2.75, 3.05) is 20.2 Å². The summed E-state index contributed by atoms with van der Waals surface area (Å²) in [6, 6.07) is 15.2. The van der Waals surface area contributed by atoms with E-state index in [9.17, 15) is 13.2 Å². The minimum absolute atomic E-state index is 0.174. The molecule has 0 spiro atoms. The maximum absolute atomic E-state index is 12.5. The van der Waals surface area contributed by atoms with Crippen LogP contribution in [0.2, 0.25) is 0 Å². The molecule has 1 aliphatic heterocycles. The number of fused-ring (bicyclic) bond motifs is 1.